The second-order valence-corrected chi connectivity index (χ2v) is 4.44. The molecule has 0 saturated heterocycles. The van der Waals surface area contributed by atoms with Gasteiger partial charge in [0.05, 0.1) is 12.1 Å². The fourth-order valence-electron chi connectivity index (χ4n) is 2.73. The molecule has 1 saturated carbocycles. The minimum atomic E-state index is -0.244. The van der Waals surface area contributed by atoms with Gasteiger partial charge in [0.1, 0.15) is 6.10 Å². The van der Waals surface area contributed by atoms with E-state index in [1.54, 1.807) is 0 Å². The van der Waals surface area contributed by atoms with Crippen LogP contribution in [0.4, 0.5) is 0 Å². The number of hydrogen-bond acceptors (Lipinski definition) is 4. The molecule has 0 spiro atoms. The van der Waals surface area contributed by atoms with Crippen molar-refractivity contribution < 1.29 is 19.1 Å². The van der Waals surface area contributed by atoms with Crippen LogP contribution in [0.3, 0.4) is 0 Å². The van der Waals surface area contributed by atoms with Gasteiger partial charge in [-0.3, -0.25) is 14.5 Å². The fourth-order valence-corrected chi connectivity index (χ4v) is 2.73. The van der Waals surface area contributed by atoms with Gasteiger partial charge in [0.25, 0.3) is 11.8 Å². The lowest BCUT2D eigenvalue weighted by Gasteiger charge is -2.30. The predicted octanol–water partition coefficient (Wildman–Crippen LogP) is 0.884. The molecule has 100 valence electrons. The van der Waals surface area contributed by atoms with E-state index in [0.717, 1.165) is 12.8 Å². The molecular weight excluding hydrogens is 234 g/mol. The van der Waals surface area contributed by atoms with Gasteiger partial charge in [0.15, 0.2) is 0 Å². The summed E-state index contributed by atoms with van der Waals surface area (Å²) in [6, 6.07) is -0.198. The van der Waals surface area contributed by atoms with Gasteiger partial charge in [-0.05, 0) is 26.7 Å². The molecule has 5 nitrogen and oxygen atoms in total. The third kappa shape index (κ3) is 2.33. The molecule has 5 heteroatoms. The van der Waals surface area contributed by atoms with Gasteiger partial charge in [-0.1, -0.05) is 0 Å². The minimum Gasteiger partial charge on any atom is -0.376 e. The number of carbonyl (C=O) groups excluding carboxylic acids is 2. The zero-order chi connectivity index (χ0) is 13.1. The van der Waals surface area contributed by atoms with E-state index in [2.05, 4.69) is 0 Å². The summed E-state index contributed by atoms with van der Waals surface area (Å²) in [5.41, 5.74) is 0. The molecule has 3 atom stereocenters. The highest BCUT2D eigenvalue weighted by molar-refractivity contribution is 6.13. The molecule has 0 bridgehead atoms. The smallest absolute Gasteiger partial charge is 0.253 e. The Morgan fingerprint density at radius 2 is 1.72 bits per heavy atom. The number of rotatable bonds is 5. The monoisotopic (exact) mass is 253 g/mol. The second-order valence-electron chi connectivity index (χ2n) is 4.44. The molecule has 2 aliphatic rings. The van der Waals surface area contributed by atoms with Crippen LogP contribution in [0.5, 0.6) is 0 Å². The van der Waals surface area contributed by atoms with E-state index in [9.17, 15) is 9.59 Å². The van der Waals surface area contributed by atoms with Crippen LogP contribution in [0.25, 0.3) is 0 Å². The molecule has 0 aromatic carbocycles. The van der Waals surface area contributed by atoms with Crippen molar-refractivity contribution in [1.82, 2.24) is 4.90 Å². The number of nitrogens with zero attached hydrogens (tertiary/aromatic N) is 1. The first-order valence-corrected chi connectivity index (χ1v) is 6.47. The van der Waals surface area contributed by atoms with Crippen molar-refractivity contribution in [3.8, 4) is 0 Å². The molecule has 0 radical (unpaired) electrons. The van der Waals surface area contributed by atoms with E-state index in [-0.39, 0.29) is 30.1 Å². The topological polar surface area (TPSA) is 55.8 Å². The Bertz CT molecular complexity index is 348. The quantitative estimate of drug-likeness (QED) is 0.683. The Morgan fingerprint density at radius 1 is 1.11 bits per heavy atom. The van der Waals surface area contributed by atoms with Crippen LogP contribution in [-0.4, -0.2) is 48.2 Å². The van der Waals surface area contributed by atoms with Crippen LogP contribution < -0.4 is 0 Å². The van der Waals surface area contributed by atoms with E-state index >= 15 is 0 Å². The highest BCUT2D eigenvalue weighted by Crippen LogP contribution is 2.31. The van der Waals surface area contributed by atoms with Crippen LogP contribution in [-0.2, 0) is 19.1 Å². The average Bonchev–Trinajstić information content (AvgIpc) is 2.86. The van der Waals surface area contributed by atoms with Gasteiger partial charge >= 0.3 is 0 Å². The third-order valence-electron chi connectivity index (χ3n) is 3.41. The summed E-state index contributed by atoms with van der Waals surface area (Å²) in [4.78, 5) is 24.7. The zero-order valence-electron chi connectivity index (χ0n) is 10.8. The molecule has 1 aliphatic heterocycles. The third-order valence-corrected chi connectivity index (χ3v) is 3.41. The normalized spacial score (nSPS) is 31.7. The molecule has 2 amide bonds. The van der Waals surface area contributed by atoms with Gasteiger partial charge < -0.3 is 9.47 Å². The summed E-state index contributed by atoms with van der Waals surface area (Å²) >= 11 is 0. The first-order chi connectivity index (χ1) is 8.69. The average molecular weight is 253 g/mol. The van der Waals surface area contributed by atoms with E-state index in [4.69, 9.17) is 9.47 Å². The minimum absolute atomic E-state index is 0.0267. The molecule has 1 fully saturated rings. The number of imide groups is 1. The van der Waals surface area contributed by atoms with Crippen molar-refractivity contribution in [3.05, 3.63) is 12.2 Å². The summed E-state index contributed by atoms with van der Waals surface area (Å²) in [5.74, 6) is -0.487. The van der Waals surface area contributed by atoms with E-state index in [1.807, 2.05) is 13.8 Å². The van der Waals surface area contributed by atoms with Crippen molar-refractivity contribution in [2.45, 2.75) is 44.9 Å². The summed E-state index contributed by atoms with van der Waals surface area (Å²) in [7, 11) is 0. The number of amides is 2. The highest BCUT2D eigenvalue weighted by Gasteiger charge is 2.45. The van der Waals surface area contributed by atoms with Crippen LogP contribution in [0.15, 0.2) is 12.2 Å². The Balaban J connectivity index is 2.12. The molecular formula is C13H19NO4. The van der Waals surface area contributed by atoms with E-state index in [1.165, 1.54) is 17.1 Å². The predicted molar refractivity (Wildman–Crippen MR) is 64.8 cm³/mol. The van der Waals surface area contributed by atoms with Gasteiger partial charge in [-0.25, -0.2) is 0 Å². The Kier molecular flexibility index (Phi) is 4.14. The SMILES string of the molecule is CCO[C@@H]1[C@@H](OCC)CC[C@@H]1N1C(=O)C=CC1=O. The lowest BCUT2D eigenvalue weighted by molar-refractivity contribution is -0.145. The van der Waals surface area contributed by atoms with Crippen molar-refractivity contribution in [3.63, 3.8) is 0 Å². The molecule has 1 aliphatic carbocycles. The maximum absolute atomic E-state index is 11.7. The number of hydrogen-bond donors (Lipinski definition) is 0. The van der Waals surface area contributed by atoms with Crippen molar-refractivity contribution in [2.24, 2.45) is 0 Å². The Hall–Kier alpha value is -1.20. The molecule has 2 rings (SSSR count). The lowest BCUT2D eigenvalue weighted by atomic mass is 10.1. The van der Waals surface area contributed by atoms with Crippen molar-refractivity contribution >= 4 is 11.8 Å². The summed E-state index contributed by atoms with van der Waals surface area (Å²) < 4.78 is 11.3. The maximum Gasteiger partial charge on any atom is 0.253 e. The number of carbonyl (C=O) groups is 2. The first-order valence-electron chi connectivity index (χ1n) is 6.47. The molecule has 0 aromatic rings. The molecule has 0 aromatic heterocycles. The zero-order valence-corrected chi connectivity index (χ0v) is 10.8. The largest absolute Gasteiger partial charge is 0.376 e. The van der Waals surface area contributed by atoms with E-state index < -0.39 is 0 Å². The Morgan fingerprint density at radius 3 is 2.28 bits per heavy atom. The van der Waals surface area contributed by atoms with Crippen molar-refractivity contribution in [2.75, 3.05) is 13.2 Å². The van der Waals surface area contributed by atoms with Crippen molar-refractivity contribution in [1.29, 1.82) is 0 Å². The standard InChI is InChI=1S/C13H19NO4/c1-3-17-10-6-5-9(13(10)18-4-2)14-11(15)7-8-12(14)16/h7-10,13H,3-6H2,1-2H3/t9-,10-,13-/m0/s1. The van der Waals surface area contributed by atoms with Crippen LogP contribution in [0, 0.1) is 0 Å². The summed E-state index contributed by atoms with van der Waals surface area (Å²) in [6.45, 7) is 5.00. The summed E-state index contributed by atoms with van der Waals surface area (Å²) in [5, 5.41) is 0. The fraction of sp³-hybridized carbons (Fsp3) is 0.692. The Labute approximate surface area is 107 Å². The van der Waals surface area contributed by atoms with Gasteiger partial charge in [-0.2, -0.15) is 0 Å². The number of ether oxygens (including phenoxy) is 2. The molecule has 18 heavy (non-hydrogen) atoms. The van der Waals surface area contributed by atoms with Gasteiger partial charge in [0, 0.05) is 25.4 Å². The van der Waals surface area contributed by atoms with Crippen LogP contribution in [0.2, 0.25) is 0 Å². The van der Waals surface area contributed by atoms with Crippen LogP contribution >= 0.6 is 0 Å². The lowest BCUT2D eigenvalue weighted by Crippen LogP contribution is -2.48. The van der Waals surface area contributed by atoms with Crippen LogP contribution in [0.1, 0.15) is 26.7 Å². The second kappa shape index (κ2) is 5.63. The van der Waals surface area contributed by atoms with Gasteiger partial charge in [-0.15, -0.1) is 0 Å². The first kappa shape index (κ1) is 13.2. The molecule has 0 N–H and O–H groups in total. The van der Waals surface area contributed by atoms with Gasteiger partial charge in [0.2, 0.25) is 0 Å². The summed E-state index contributed by atoms with van der Waals surface area (Å²) in [6.07, 6.45) is 3.97. The molecule has 0 unspecified atom stereocenters. The van der Waals surface area contributed by atoms with E-state index in [0.29, 0.717) is 13.2 Å². The maximum atomic E-state index is 11.7. The molecule has 1 heterocycles. The highest BCUT2D eigenvalue weighted by atomic mass is 16.5.